The molecule has 0 saturated carbocycles. The van der Waals surface area contributed by atoms with E-state index in [-0.39, 0.29) is 0 Å². The van der Waals surface area contributed by atoms with E-state index in [1.807, 2.05) is 41.9 Å². The van der Waals surface area contributed by atoms with Gasteiger partial charge in [-0.2, -0.15) is 5.10 Å². The van der Waals surface area contributed by atoms with Gasteiger partial charge in [-0.1, -0.05) is 30.3 Å². The molecular formula is C14H14N4. The van der Waals surface area contributed by atoms with E-state index >= 15 is 0 Å². The molecule has 0 spiro atoms. The van der Waals surface area contributed by atoms with E-state index in [2.05, 4.69) is 22.2 Å². The molecule has 0 aliphatic heterocycles. The number of nitrogens with zero attached hydrogens (tertiary/aromatic N) is 3. The fourth-order valence-corrected chi connectivity index (χ4v) is 2.10. The number of rotatable bonds is 2. The van der Waals surface area contributed by atoms with Gasteiger partial charge >= 0.3 is 0 Å². The minimum atomic E-state index is 0.441. The molecule has 3 rings (SSSR count). The largest absolute Gasteiger partial charge is 0.325 e. The van der Waals surface area contributed by atoms with Crippen LogP contribution in [0.2, 0.25) is 0 Å². The Labute approximate surface area is 105 Å². The Morgan fingerprint density at radius 2 is 2.00 bits per heavy atom. The summed E-state index contributed by atoms with van der Waals surface area (Å²) in [6.07, 6.45) is 1.85. The van der Waals surface area contributed by atoms with Crippen molar-refractivity contribution in [2.75, 3.05) is 0 Å². The van der Waals surface area contributed by atoms with Crippen molar-refractivity contribution in [1.82, 2.24) is 14.6 Å². The van der Waals surface area contributed by atoms with Crippen LogP contribution >= 0.6 is 0 Å². The number of aryl methyl sites for hydroxylation is 1. The predicted molar refractivity (Wildman–Crippen MR) is 71.1 cm³/mol. The van der Waals surface area contributed by atoms with Crippen molar-refractivity contribution in [3.8, 4) is 11.1 Å². The summed E-state index contributed by atoms with van der Waals surface area (Å²) in [6.45, 7) is 2.45. The van der Waals surface area contributed by atoms with Crippen molar-refractivity contribution in [2.24, 2.45) is 5.73 Å². The molecule has 0 radical (unpaired) electrons. The molecule has 0 bridgehead atoms. The Kier molecular flexibility index (Phi) is 2.57. The third kappa shape index (κ3) is 1.67. The van der Waals surface area contributed by atoms with Gasteiger partial charge in [0.1, 0.15) is 0 Å². The van der Waals surface area contributed by atoms with Crippen LogP contribution < -0.4 is 5.73 Å². The second-order valence-corrected chi connectivity index (χ2v) is 4.25. The zero-order valence-corrected chi connectivity index (χ0v) is 10.2. The van der Waals surface area contributed by atoms with Crippen LogP contribution in [0.4, 0.5) is 0 Å². The molecule has 0 atom stereocenters. The van der Waals surface area contributed by atoms with Crippen LogP contribution in [-0.2, 0) is 6.54 Å². The number of aromatic nitrogens is 3. The number of hydrogen-bond acceptors (Lipinski definition) is 3. The third-order valence-corrected chi connectivity index (χ3v) is 3.00. The van der Waals surface area contributed by atoms with Gasteiger partial charge in [0.2, 0.25) is 0 Å². The zero-order valence-electron chi connectivity index (χ0n) is 10.2. The van der Waals surface area contributed by atoms with Gasteiger partial charge in [-0.15, -0.1) is 0 Å². The molecule has 90 valence electrons. The zero-order chi connectivity index (χ0) is 12.5. The lowest BCUT2D eigenvalue weighted by molar-refractivity contribution is 0.866. The van der Waals surface area contributed by atoms with Crippen LogP contribution in [0.1, 0.15) is 11.4 Å². The first-order chi connectivity index (χ1) is 8.79. The molecule has 2 aromatic heterocycles. The molecule has 3 aromatic rings. The summed E-state index contributed by atoms with van der Waals surface area (Å²) >= 11 is 0. The molecule has 0 aliphatic carbocycles. The molecule has 2 heterocycles. The van der Waals surface area contributed by atoms with E-state index in [1.54, 1.807) is 0 Å². The number of hydrogen-bond donors (Lipinski definition) is 1. The smallest absolute Gasteiger partial charge is 0.163 e. The fourth-order valence-electron chi connectivity index (χ4n) is 2.10. The van der Waals surface area contributed by atoms with Crippen molar-refractivity contribution in [2.45, 2.75) is 13.5 Å². The standard InChI is InChI=1S/C14H14N4/c1-10-7-12(8-15)17-14-13(9-16-18(10)14)11-5-3-2-4-6-11/h2-7,9H,8,15H2,1H3. The lowest BCUT2D eigenvalue weighted by Crippen LogP contribution is -2.04. The Bertz CT molecular complexity index is 686. The Balaban J connectivity index is 2.28. The van der Waals surface area contributed by atoms with Crippen LogP contribution in [-0.4, -0.2) is 14.6 Å². The maximum absolute atomic E-state index is 5.68. The highest BCUT2D eigenvalue weighted by Gasteiger charge is 2.10. The topological polar surface area (TPSA) is 56.2 Å². The van der Waals surface area contributed by atoms with Crippen molar-refractivity contribution < 1.29 is 0 Å². The highest BCUT2D eigenvalue weighted by Crippen LogP contribution is 2.23. The molecule has 18 heavy (non-hydrogen) atoms. The van der Waals surface area contributed by atoms with Crippen LogP contribution in [0.15, 0.2) is 42.6 Å². The van der Waals surface area contributed by atoms with Gasteiger partial charge in [-0.05, 0) is 18.6 Å². The van der Waals surface area contributed by atoms with E-state index < -0.39 is 0 Å². The summed E-state index contributed by atoms with van der Waals surface area (Å²) in [7, 11) is 0. The lowest BCUT2D eigenvalue weighted by atomic mass is 10.1. The highest BCUT2D eigenvalue weighted by atomic mass is 15.3. The molecule has 0 saturated heterocycles. The second-order valence-electron chi connectivity index (χ2n) is 4.25. The van der Waals surface area contributed by atoms with E-state index in [0.29, 0.717) is 6.54 Å². The van der Waals surface area contributed by atoms with Crippen molar-refractivity contribution in [3.05, 3.63) is 54.0 Å². The Hall–Kier alpha value is -2.20. The third-order valence-electron chi connectivity index (χ3n) is 3.00. The van der Waals surface area contributed by atoms with E-state index in [9.17, 15) is 0 Å². The van der Waals surface area contributed by atoms with Crippen molar-refractivity contribution >= 4 is 5.65 Å². The van der Waals surface area contributed by atoms with E-state index in [0.717, 1.165) is 28.2 Å². The van der Waals surface area contributed by atoms with Gasteiger partial charge in [0.25, 0.3) is 0 Å². The van der Waals surface area contributed by atoms with E-state index in [1.165, 1.54) is 0 Å². The quantitative estimate of drug-likeness (QED) is 0.744. The van der Waals surface area contributed by atoms with Crippen molar-refractivity contribution in [1.29, 1.82) is 0 Å². The average molecular weight is 238 g/mol. The fraction of sp³-hybridized carbons (Fsp3) is 0.143. The summed E-state index contributed by atoms with van der Waals surface area (Å²) in [5, 5.41) is 4.38. The molecular weight excluding hydrogens is 224 g/mol. The van der Waals surface area contributed by atoms with Crippen LogP contribution in [0.3, 0.4) is 0 Å². The minimum absolute atomic E-state index is 0.441. The number of fused-ring (bicyclic) bond motifs is 1. The van der Waals surface area contributed by atoms with E-state index in [4.69, 9.17) is 5.73 Å². The minimum Gasteiger partial charge on any atom is -0.325 e. The van der Waals surface area contributed by atoms with Crippen molar-refractivity contribution in [3.63, 3.8) is 0 Å². The molecule has 0 aliphatic rings. The van der Waals surface area contributed by atoms with Gasteiger partial charge in [0.05, 0.1) is 11.9 Å². The molecule has 0 fully saturated rings. The van der Waals surface area contributed by atoms with Gasteiger partial charge in [0.15, 0.2) is 5.65 Å². The summed E-state index contributed by atoms with van der Waals surface area (Å²) in [6, 6.07) is 12.1. The molecule has 0 amide bonds. The molecule has 4 heteroatoms. The summed E-state index contributed by atoms with van der Waals surface area (Å²) < 4.78 is 1.85. The molecule has 2 N–H and O–H groups in total. The van der Waals surface area contributed by atoms with Gasteiger partial charge < -0.3 is 5.73 Å². The van der Waals surface area contributed by atoms with Gasteiger partial charge in [-0.25, -0.2) is 9.50 Å². The van der Waals surface area contributed by atoms with Gasteiger partial charge in [0, 0.05) is 17.8 Å². The summed E-state index contributed by atoms with van der Waals surface area (Å²) in [5.41, 5.74) is 10.6. The Morgan fingerprint density at radius 1 is 1.22 bits per heavy atom. The maximum atomic E-state index is 5.68. The molecule has 4 nitrogen and oxygen atoms in total. The van der Waals surface area contributed by atoms with Crippen LogP contribution in [0.25, 0.3) is 16.8 Å². The first kappa shape index (κ1) is 10.9. The predicted octanol–water partition coefficient (Wildman–Crippen LogP) is 2.16. The number of nitrogens with two attached hydrogens (primary N) is 1. The summed E-state index contributed by atoms with van der Waals surface area (Å²) in [4.78, 5) is 4.57. The maximum Gasteiger partial charge on any atom is 0.163 e. The normalized spacial score (nSPS) is 11.0. The molecule has 1 aromatic carbocycles. The Morgan fingerprint density at radius 3 is 2.72 bits per heavy atom. The average Bonchev–Trinajstić information content (AvgIpc) is 2.84. The van der Waals surface area contributed by atoms with Crippen LogP contribution in [0, 0.1) is 6.92 Å². The first-order valence-corrected chi connectivity index (χ1v) is 5.89. The first-order valence-electron chi connectivity index (χ1n) is 5.89. The highest BCUT2D eigenvalue weighted by molar-refractivity contribution is 5.77. The summed E-state index contributed by atoms with van der Waals surface area (Å²) in [5.74, 6) is 0. The van der Waals surface area contributed by atoms with Crippen LogP contribution in [0.5, 0.6) is 0 Å². The second kappa shape index (κ2) is 4.23. The van der Waals surface area contributed by atoms with Gasteiger partial charge in [-0.3, -0.25) is 0 Å². The number of benzene rings is 1. The monoisotopic (exact) mass is 238 g/mol. The lowest BCUT2D eigenvalue weighted by Gasteiger charge is -2.04. The SMILES string of the molecule is Cc1cc(CN)nc2c(-c3ccccc3)cnn12. The molecule has 0 unspecified atom stereocenters.